The maximum Gasteiger partial charge on any atom is 0.194 e. The average molecular weight is 381 g/mol. The first-order chi connectivity index (χ1) is 11.8. The molecular formula is C20H32O5Si. The van der Waals surface area contributed by atoms with Gasteiger partial charge in [0, 0.05) is 0 Å². The highest BCUT2D eigenvalue weighted by Crippen LogP contribution is 2.39. The van der Waals surface area contributed by atoms with Crippen LogP contribution in [0.2, 0.25) is 18.1 Å². The van der Waals surface area contributed by atoms with Crippen LogP contribution in [0.25, 0.3) is 0 Å². The van der Waals surface area contributed by atoms with Gasteiger partial charge in [-0.25, -0.2) is 0 Å². The van der Waals surface area contributed by atoms with Crippen molar-refractivity contribution in [2.24, 2.45) is 0 Å². The van der Waals surface area contributed by atoms with Crippen LogP contribution in [-0.4, -0.2) is 43.8 Å². The molecule has 0 bridgehead atoms. The Hall–Kier alpha value is -1.05. The lowest BCUT2D eigenvalue weighted by Gasteiger charge is -2.40. The second-order valence-electron chi connectivity index (χ2n) is 8.87. The van der Waals surface area contributed by atoms with Crippen LogP contribution in [0.15, 0.2) is 30.3 Å². The van der Waals surface area contributed by atoms with Crippen molar-refractivity contribution in [3.63, 3.8) is 0 Å². The lowest BCUT2D eigenvalue weighted by atomic mass is 9.99. The van der Waals surface area contributed by atoms with Gasteiger partial charge in [-0.1, -0.05) is 51.1 Å². The van der Waals surface area contributed by atoms with E-state index in [1.54, 1.807) is 26.0 Å². The zero-order valence-electron chi connectivity index (χ0n) is 16.9. The van der Waals surface area contributed by atoms with Gasteiger partial charge in [0.25, 0.3) is 0 Å². The van der Waals surface area contributed by atoms with Crippen LogP contribution < -0.4 is 0 Å². The normalized spacial score (nSPS) is 22.8. The summed E-state index contributed by atoms with van der Waals surface area (Å²) in [4.78, 5) is 13.2. The molecule has 1 saturated heterocycles. The number of carbonyl (C=O) groups excluding carboxylic acids is 1. The molecule has 146 valence electrons. The number of aliphatic hydroxyl groups excluding tert-OH is 1. The van der Waals surface area contributed by atoms with Crippen molar-refractivity contribution in [1.29, 1.82) is 0 Å². The summed E-state index contributed by atoms with van der Waals surface area (Å²) in [6.07, 6.45) is -2.77. The molecule has 1 heterocycles. The second-order valence-corrected chi connectivity index (χ2v) is 13.6. The van der Waals surface area contributed by atoms with Crippen molar-refractivity contribution in [2.75, 3.05) is 6.61 Å². The minimum absolute atomic E-state index is 0.0890. The van der Waals surface area contributed by atoms with Gasteiger partial charge in [0.1, 0.15) is 18.3 Å². The van der Waals surface area contributed by atoms with Crippen LogP contribution in [0.1, 0.15) is 46.3 Å². The van der Waals surface area contributed by atoms with E-state index in [0.29, 0.717) is 5.56 Å². The molecule has 0 aliphatic carbocycles. The molecule has 0 radical (unpaired) electrons. The molecule has 1 aromatic rings. The fourth-order valence-electron chi connectivity index (χ4n) is 2.61. The van der Waals surface area contributed by atoms with Crippen LogP contribution in [0.5, 0.6) is 0 Å². The number of hydrogen-bond acceptors (Lipinski definition) is 5. The number of carbonyl (C=O) groups is 1. The van der Waals surface area contributed by atoms with E-state index in [1.165, 1.54) is 0 Å². The molecule has 1 aromatic carbocycles. The lowest BCUT2D eigenvalue weighted by Crippen LogP contribution is -2.50. The van der Waals surface area contributed by atoms with Gasteiger partial charge in [-0.2, -0.15) is 0 Å². The Labute approximate surface area is 157 Å². The summed E-state index contributed by atoms with van der Waals surface area (Å²) in [6.45, 7) is 14.2. The number of ketones is 1. The van der Waals surface area contributed by atoms with Gasteiger partial charge < -0.3 is 19.0 Å². The number of rotatable bonds is 6. The van der Waals surface area contributed by atoms with Gasteiger partial charge in [0.05, 0.1) is 6.61 Å². The predicted molar refractivity (Wildman–Crippen MR) is 103 cm³/mol. The molecular weight excluding hydrogens is 348 g/mol. The van der Waals surface area contributed by atoms with Crippen molar-refractivity contribution in [2.45, 2.75) is 76.8 Å². The van der Waals surface area contributed by atoms with Crippen LogP contribution >= 0.6 is 0 Å². The number of benzene rings is 1. The average Bonchev–Trinajstić information content (AvgIpc) is 2.91. The van der Waals surface area contributed by atoms with E-state index >= 15 is 0 Å². The zero-order chi connectivity index (χ0) is 19.8. The largest absolute Gasteiger partial charge is 0.404 e. The summed E-state index contributed by atoms with van der Waals surface area (Å²) in [6, 6.07) is 9.15. The van der Waals surface area contributed by atoms with E-state index in [0.717, 1.165) is 0 Å². The Balaban J connectivity index is 2.31. The second kappa shape index (κ2) is 7.52. The number of ether oxygens (including phenoxy) is 2. The fourth-order valence-corrected chi connectivity index (χ4v) is 3.84. The molecule has 26 heavy (non-hydrogen) atoms. The highest BCUT2D eigenvalue weighted by atomic mass is 28.4. The maximum absolute atomic E-state index is 13.2. The molecule has 1 N–H and O–H groups in total. The standard InChI is InChI=1S/C20H32O5Si/c1-19(2,3)26(6,7)25-18(16(21)14-11-9-8-10-12-14)17(22)15-13-23-20(4,5)24-15/h8-12,15-16,18,21H,13H2,1-7H3/t15-,16-,18+/m0/s1. The fraction of sp³-hybridized carbons (Fsp3) is 0.650. The third kappa shape index (κ3) is 4.81. The summed E-state index contributed by atoms with van der Waals surface area (Å²) in [5.74, 6) is -1.07. The third-order valence-electron chi connectivity index (χ3n) is 5.26. The molecule has 3 atom stereocenters. The molecule has 2 rings (SSSR count). The van der Waals surface area contributed by atoms with Gasteiger partial charge in [-0.3, -0.25) is 4.79 Å². The molecule has 0 saturated carbocycles. The van der Waals surface area contributed by atoms with Gasteiger partial charge in [-0.15, -0.1) is 0 Å². The molecule has 5 nitrogen and oxygen atoms in total. The zero-order valence-corrected chi connectivity index (χ0v) is 17.9. The SMILES string of the molecule is CC1(C)OC[C@@H](C(=O)[C@H](O[Si](C)(C)C(C)(C)C)[C@@H](O)c2ccccc2)O1. The van der Waals surface area contributed by atoms with E-state index in [2.05, 4.69) is 33.9 Å². The maximum atomic E-state index is 13.2. The van der Waals surface area contributed by atoms with Gasteiger partial charge in [0.2, 0.25) is 0 Å². The number of aliphatic hydroxyl groups is 1. The van der Waals surface area contributed by atoms with Gasteiger partial charge >= 0.3 is 0 Å². The molecule has 1 aliphatic heterocycles. The third-order valence-corrected chi connectivity index (χ3v) is 9.72. The molecule has 0 amide bonds. The summed E-state index contributed by atoms with van der Waals surface area (Å²) in [7, 11) is -2.29. The van der Waals surface area contributed by atoms with Crippen molar-refractivity contribution in [1.82, 2.24) is 0 Å². The van der Waals surface area contributed by atoms with Crippen molar-refractivity contribution in [3.05, 3.63) is 35.9 Å². The van der Waals surface area contributed by atoms with E-state index in [4.69, 9.17) is 13.9 Å². The summed E-state index contributed by atoms with van der Waals surface area (Å²) < 4.78 is 17.6. The first-order valence-corrected chi connectivity index (χ1v) is 12.0. The van der Waals surface area contributed by atoms with Gasteiger partial charge in [0.15, 0.2) is 19.9 Å². The van der Waals surface area contributed by atoms with Crippen LogP contribution in [-0.2, 0) is 18.7 Å². The van der Waals surface area contributed by atoms with Crippen molar-refractivity contribution in [3.8, 4) is 0 Å². The molecule has 1 fully saturated rings. The highest BCUT2D eigenvalue weighted by molar-refractivity contribution is 6.74. The van der Waals surface area contributed by atoms with Gasteiger partial charge in [-0.05, 0) is 37.5 Å². The Morgan fingerprint density at radius 1 is 1.27 bits per heavy atom. The topological polar surface area (TPSA) is 65.0 Å². The molecule has 0 spiro atoms. The Bertz CT molecular complexity index is 621. The minimum atomic E-state index is -2.29. The highest BCUT2D eigenvalue weighted by Gasteiger charge is 2.47. The lowest BCUT2D eigenvalue weighted by molar-refractivity contribution is -0.159. The summed E-state index contributed by atoms with van der Waals surface area (Å²) in [5, 5.41) is 10.9. The Morgan fingerprint density at radius 3 is 2.31 bits per heavy atom. The van der Waals surface area contributed by atoms with Crippen molar-refractivity contribution >= 4 is 14.1 Å². The monoisotopic (exact) mass is 380 g/mol. The summed E-state index contributed by atoms with van der Waals surface area (Å²) in [5.41, 5.74) is 0.655. The number of hydrogen-bond donors (Lipinski definition) is 1. The van der Waals surface area contributed by atoms with Crippen LogP contribution in [0, 0.1) is 0 Å². The molecule has 0 unspecified atom stereocenters. The van der Waals surface area contributed by atoms with E-state index in [-0.39, 0.29) is 17.4 Å². The van der Waals surface area contributed by atoms with Crippen LogP contribution in [0.4, 0.5) is 0 Å². The molecule has 1 aliphatic rings. The smallest absolute Gasteiger partial charge is 0.194 e. The van der Waals surface area contributed by atoms with E-state index < -0.39 is 32.4 Å². The predicted octanol–water partition coefficient (Wildman–Crippen LogP) is 3.83. The number of Topliss-reactive ketones (excluding diaryl/α,β-unsaturated/α-hetero) is 1. The quantitative estimate of drug-likeness (QED) is 0.760. The molecule has 6 heteroatoms. The Morgan fingerprint density at radius 2 is 1.85 bits per heavy atom. The summed E-state index contributed by atoms with van der Waals surface area (Å²) >= 11 is 0. The molecule has 0 aromatic heterocycles. The van der Waals surface area contributed by atoms with E-state index in [9.17, 15) is 9.90 Å². The van der Waals surface area contributed by atoms with Crippen molar-refractivity contribution < 1.29 is 23.8 Å². The van der Waals surface area contributed by atoms with E-state index in [1.807, 2.05) is 18.2 Å². The first kappa shape index (κ1) is 21.2. The first-order valence-electron chi connectivity index (χ1n) is 9.10. The Kier molecular flexibility index (Phi) is 6.15. The van der Waals surface area contributed by atoms with Crippen LogP contribution in [0.3, 0.4) is 0 Å². The minimum Gasteiger partial charge on any atom is -0.404 e.